The monoisotopic (exact) mass is 364 g/mol. The maximum atomic E-state index is 13.4. The molecule has 0 aliphatic carbocycles. The number of rotatable bonds is 2. The zero-order valence-corrected chi connectivity index (χ0v) is 11.1. The molecule has 18 heavy (non-hydrogen) atoms. The molecular weight excluding hydrogens is 356 g/mol. The second-order valence-corrected chi connectivity index (χ2v) is 4.85. The van der Waals surface area contributed by atoms with Crippen molar-refractivity contribution < 1.29 is 13.2 Å². The van der Waals surface area contributed by atoms with Crippen LogP contribution in [-0.2, 0) is 0 Å². The first-order chi connectivity index (χ1) is 8.47. The summed E-state index contributed by atoms with van der Waals surface area (Å²) < 4.78 is 40.4. The van der Waals surface area contributed by atoms with Crippen LogP contribution in [0.3, 0.4) is 0 Å². The Labute approximate surface area is 115 Å². The lowest BCUT2D eigenvalue weighted by Gasteiger charge is -2.11. The molecule has 0 aliphatic rings. The largest absolute Gasteiger partial charge is 0.397 e. The molecule has 0 aliphatic heterocycles. The van der Waals surface area contributed by atoms with E-state index in [2.05, 4.69) is 27.9 Å². The van der Waals surface area contributed by atoms with Crippen LogP contribution in [0.25, 0.3) is 0 Å². The third kappa shape index (κ3) is 2.69. The summed E-state index contributed by atoms with van der Waals surface area (Å²) in [6.45, 7) is 0. The molecule has 0 atom stereocenters. The second-order valence-electron chi connectivity index (χ2n) is 3.61. The highest BCUT2D eigenvalue weighted by Crippen LogP contribution is 2.27. The van der Waals surface area contributed by atoms with E-state index >= 15 is 0 Å². The Balaban J connectivity index is 2.40. The number of hydrogen-bond donors (Lipinski definition) is 2. The fraction of sp³-hybridized carbons (Fsp3) is 0. The van der Waals surface area contributed by atoms with Gasteiger partial charge in [0, 0.05) is 15.7 Å². The molecule has 2 nitrogen and oxygen atoms in total. The van der Waals surface area contributed by atoms with Gasteiger partial charge in [-0.3, -0.25) is 0 Å². The van der Waals surface area contributed by atoms with E-state index < -0.39 is 17.5 Å². The standard InChI is InChI=1S/C12H8F3IN2/c13-6-3-8(14)12(15)11(4-6)18-10-2-1-7(16)5-9(10)17/h1-5,18H,17H2. The van der Waals surface area contributed by atoms with E-state index in [0.29, 0.717) is 17.4 Å². The normalized spacial score (nSPS) is 10.4. The van der Waals surface area contributed by atoms with Gasteiger partial charge >= 0.3 is 0 Å². The van der Waals surface area contributed by atoms with Crippen LogP contribution in [0, 0.1) is 21.0 Å². The van der Waals surface area contributed by atoms with Gasteiger partial charge in [-0.25, -0.2) is 13.2 Å². The average molecular weight is 364 g/mol. The van der Waals surface area contributed by atoms with Gasteiger partial charge in [-0.05, 0) is 40.8 Å². The minimum atomic E-state index is -1.25. The van der Waals surface area contributed by atoms with Crippen LogP contribution in [0.5, 0.6) is 0 Å². The predicted octanol–water partition coefficient (Wildman–Crippen LogP) is 4.03. The van der Waals surface area contributed by atoms with Crippen molar-refractivity contribution in [3.63, 3.8) is 0 Å². The highest BCUT2D eigenvalue weighted by molar-refractivity contribution is 14.1. The van der Waals surface area contributed by atoms with Crippen molar-refractivity contribution in [1.29, 1.82) is 0 Å². The van der Waals surface area contributed by atoms with Gasteiger partial charge in [0.25, 0.3) is 0 Å². The first kappa shape index (κ1) is 13.0. The summed E-state index contributed by atoms with van der Waals surface area (Å²) in [6, 6.07) is 6.37. The van der Waals surface area contributed by atoms with Crippen LogP contribution in [0.15, 0.2) is 30.3 Å². The molecule has 2 aromatic carbocycles. The van der Waals surface area contributed by atoms with E-state index in [0.717, 1.165) is 9.64 Å². The quantitative estimate of drug-likeness (QED) is 0.480. The molecule has 6 heteroatoms. The highest BCUT2D eigenvalue weighted by Gasteiger charge is 2.12. The van der Waals surface area contributed by atoms with Crippen molar-refractivity contribution in [2.75, 3.05) is 11.1 Å². The molecule has 94 valence electrons. The van der Waals surface area contributed by atoms with Crippen molar-refractivity contribution in [3.05, 3.63) is 51.4 Å². The zero-order chi connectivity index (χ0) is 13.3. The lowest BCUT2D eigenvalue weighted by Crippen LogP contribution is -2.01. The molecule has 0 spiro atoms. The molecule has 0 amide bonds. The number of nitrogens with two attached hydrogens (primary N) is 1. The van der Waals surface area contributed by atoms with Crippen LogP contribution in [0.1, 0.15) is 0 Å². The van der Waals surface area contributed by atoms with E-state index in [-0.39, 0.29) is 5.69 Å². The molecule has 0 unspecified atom stereocenters. The summed E-state index contributed by atoms with van der Waals surface area (Å²) in [6.07, 6.45) is 0. The van der Waals surface area contributed by atoms with Crippen LogP contribution in [0.4, 0.5) is 30.2 Å². The van der Waals surface area contributed by atoms with Crippen molar-refractivity contribution in [1.82, 2.24) is 0 Å². The van der Waals surface area contributed by atoms with E-state index in [1.165, 1.54) is 0 Å². The van der Waals surface area contributed by atoms with E-state index in [4.69, 9.17) is 5.73 Å². The maximum absolute atomic E-state index is 13.4. The molecular formula is C12H8F3IN2. The van der Waals surface area contributed by atoms with Crippen molar-refractivity contribution in [3.8, 4) is 0 Å². The number of nitrogen functional groups attached to an aromatic ring is 1. The highest BCUT2D eigenvalue weighted by atomic mass is 127. The minimum Gasteiger partial charge on any atom is -0.397 e. The summed E-state index contributed by atoms with van der Waals surface area (Å²) in [5.74, 6) is -3.25. The summed E-state index contributed by atoms with van der Waals surface area (Å²) in [5, 5.41) is 2.57. The molecule has 0 bridgehead atoms. The van der Waals surface area contributed by atoms with Crippen molar-refractivity contribution in [2.24, 2.45) is 0 Å². The lowest BCUT2D eigenvalue weighted by atomic mass is 10.2. The number of hydrogen-bond acceptors (Lipinski definition) is 2. The van der Waals surface area contributed by atoms with Gasteiger partial charge in [0.15, 0.2) is 11.6 Å². The van der Waals surface area contributed by atoms with Crippen LogP contribution >= 0.6 is 22.6 Å². The molecule has 3 N–H and O–H groups in total. The molecule has 0 heterocycles. The second kappa shape index (κ2) is 5.05. The zero-order valence-electron chi connectivity index (χ0n) is 8.98. The molecule has 0 saturated heterocycles. The van der Waals surface area contributed by atoms with Crippen LogP contribution in [-0.4, -0.2) is 0 Å². The Hall–Kier alpha value is -1.44. The van der Waals surface area contributed by atoms with Gasteiger partial charge < -0.3 is 11.1 Å². The smallest absolute Gasteiger partial charge is 0.182 e. The number of nitrogens with one attached hydrogen (secondary N) is 1. The third-order valence-electron chi connectivity index (χ3n) is 2.28. The molecule has 2 rings (SSSR count). The van der Waals surface area contributed by atoms with Gasteiger partial charge in [-0.15, -0.1) is 0 Å². The molecule has 0 aromatic heterocycles. The SMILES string of the molecule is Nc1cc(I)ccc1Nc1cc(F)cc(F)c1F. The first-order valence-electron chi connectivity index (χ1n) is 4.94. The van der Waals surface area contributed by atoms with Crippen LogP contribution < -0.4 is 11.1 Å². The van der Waals surface area contributed by atoms with Gasteiger partial charge in [-0.2, -0.15) is 0 Å². The topological polar surface area (TPSA) is 38.0 Å². The Bertz CT molecular complexity index is 602. The first-order valence-corrected chi connectivity index (χ1v) is 6.02. The molecule has 0 saturated carbocycles. The van der Waals surface area contributed by atoms with Gasteiger partial charge in [-0.1, -0.05) is 0 Å². The fourth-order valence-corrected chi connectivity index (χ4v) is 1.95. The van der Waals surface area contributed by atoms with E-state index in [1.54, 1.807) is 18.2 Å². The minimum absolute atomic E-state index is 0.291. The molecule has 0 fully saturated rings. The maximum Gasteiger partial charge on any atom is 0.182 e. The summed E-state index contributed by atoms with van der Waals surface area (Å²) in [4.78, 5) is 0. The Morgan fingerprint density at radius 2 is 1.72 bits per heavy atom. The van der Waals surface area contributed by atoms with Crippen molar-refractivity contribution in [2.45, 2.75) is 0 Å². The molecule has 0 radical (unpaired) electrons. The summed E-state index contributed by atoms with van der Waals surface area (Å²) >= 11 is 2.07. The lowest BCUT2D eigenvalue weighted by molar-refractivity contribution is 0.498. The van der Waals surface area contributed by atoms with E-state index in [9.17, 15) is 13.2 Å². The van der Waals surface area contributed by atoms with Gasteiger partial charge in [0.2, 0.25) is 0 Å². The predicted molar refractivity (Wildman–Crippen MR) is 73.2 cm³/mol. The third-order valence-corrected chi connectivity index (χ3v) is 2.95. The van der Waals surface area contributed by atoms with Crippen LogP contribution in [0.2, 0.25) is 0 Å². The molecule has 2 aromatic rings. The summed E-state index contributed by atoms with van der Waals surface area (Å²) in [5.41, 5.74) is 6.18. The summed E-state index contributed by atoms with van der Waals surface area (Å²) in [7, 11) is 0. The number of benzene rings is 2. The number of anilines is 3. The Morgan fingerprint density at radius 3 is 2.39 bits per heavy atom. The number of halogens is 4. The Kier molecular flexibility index (Phi) is 3.65. The Morgan fingerprint density at radius 1 is 1.00 bits per heavy atom. The van der Waals surface area contributed by atoms with Gasteiger partial charge in [0.1, 0.15) is 5.82 Å². The van der Waals surface area contributed by atoms with Gasteiger partial charge in [0.05, 0.1) is 17.1 Å². The van der Waals surface area contributed by atoms with E-state index in [1.807, 2.05) is 0 Å². The fourth-order valence-electron chi connectivity index (χ4n) is 1.44. The average Bonchev–Trinajstić information content (AvgIpc) is 2.29. The van der Waals surface area contributed by atoms with Crippen molar-refractivity contribution >= 4 is 39.7 Å².